The average molecular weight is 896 g/mol. The molecule has 1 N–H and O–H groups in total. The van der Waals surface area contributed by atoms with Crippen LogP contribution in [0.1, 0.15) is 30.5 Å². The van der Waals surface area contributed by atoms with Gasteiger partial charge in [-0.3, -0.25) is 29.9 Å². The molecule has 15 heteroatoms. The number of carbonyl (C=O) groups excluding carboxylic acids is 3. The van der Waals surface area contributed by atoms with E-state index in [1.54, 1.807) is 24.0 Å². The van der Waals surface area contributed by atoms with Gasteiger partial charge in [0.05, 0.1) is 32.9 Å². The Balaban J connectivity index is 1.37. The summed E-state index contributed by atoms with van der Waals surface area (Å²) in [6, 6.07) is 47.9. The van der Waals surface area contributed by atoms with Crippen molar-refractivity contribution in [3.05, 3.63) is 207 Å². The lowest BCUT2D eigenvalue weighted by Gasteiger charge is -2.55. The summed E-state index contributed by atoms with van der Waals surface area (Å²) < 4.78 is 11.7. The molecular formula is C49H44N4O9PS+. The van der Waals surface area contributed by atoms with E-state index in [0.717, 1.165) is 21.5 Å². The summed E-state index contributed by atoms with van der Waals surface area (Å²) in [4.78, 5) is 69.1. The van der Waals surface area contributed by atoms with Crippen LogP contribution in [0, 0.1) is 32.1 Å². The average Bonchev–Trinajstić information content (AvgIpc) is 3.32. The number of nitrogens with one attached hydrogen (secondary N) is 1. The first-order valence-electron chi connectivity index (χ1n) is 20.5. The number of nitro groups is 2. The topological polar surface area (TPSA) is 171 Å². The molecule has 1 heterocycles. The molecule has 324 valence electrons. The number of esters is 1. The largest absolute Gasteiger partial charge is 0.456 e. The molecule has 0 bridgehead atoms. The molecule has 1 fully saturated rings. The number of nitro benzene ring substituents is 2. The summed E-state index contributed by atoms with van der Waals surface area (Å²) in [5, 5.41) is 28.8. The first-order chi connectivity index (χ1) is 30.9. The Kier molecular flexibility index (Phi) is 14.0. The van der Waals surface area contributed by atoms with Crippen LogP contribution in [-0.4, -0.2) is 55.4 Å². The van der Waals surface area contributed by atoms with Crippen LogP contribution >= 0.6 is 19.5 Å². The normalized spacial score (nSPS) is 16.0. The third kappa shape index (κ3) is 9.01. The molecular weight excluding hydrogens is 852 g/mol. The predicted molar refractivity (Wildman–Crippen MR) is 249 cm³/mol. The Hall–Kier alpha value is -7.15. The van der Waals surface area contributed by atoms with Crippen molar-refractivity contribution >= 4 is 69.6 Å². The van der Waals surface area contributed by atoms with E-state index in [9.17, 15) is 25.0 Å². The van der Waals surface area contributed by atoms with Crippen LogP contribution in [0.15, 0.2) is 170 Å². The van der Waals surface area contributed by atoms with E-state index in [4.69, 9.17) is 21.7 Å². The van der Waals surface area contributed by atoms with E-state index in [0.29, 0.717) is 4.86 Å². The maximum atomic E-state index is 15.6. The van der Waals surface area contributed by atoms with Crippen LogP contribution in [0.4, 0.5) is 16.2 Å². The fourth-order valence-corrected chi connectivity index (χ4v) is 13.5. The zero-order valence-corrected chi connectivity index (χ0v) is 36.5. The van der Waals surface area contributed by atoms with Crippen molar-refractivity contribution < 1.29 is 33.7 Å². The lowest BCUT2D eigenvalue weighted by molar-refractivity contribution is -0.386. The molecule has 0 radical (unpaired) electrons. The van der Waals surface area contributed by atoms with Gasteiger partial charge in [-0.2, -0.15) is 0 Å². The minimum Gasteiger partial charge on any atom is -0.456 e. The number of thiocarbonyl (C=S) groups is 1. The Morgan fingerprint density at radius 3 is 1.52 bits per heavy atom. The highest BCUT2D eigenvalue weighted by Crippen LogP contribution is 2.63. The molecule has 0 aromatic heterocycles. The maximum Gasteiger partial charge on any atom is 0.407 e. The summed E-state index contributed by atoms with van der Waals surface area (Å²) in [6.07, 6.45) is -0.908. The fourth-order valence-electron chi connectivity index (χ4n) is 8.55. The minimum absolute atomic E-state index is 0.169. The second-order valence-corrected chi connectivity index (χ2v) is 19.2. The smallest absolute Gasteiger partial charge is 0.407 e. The third-order valence-corrected chi connectivity index (χ3v) is 16.7. The monoisotopic (exact) mass is 895 g/mol. The van der Waals surface area contributed by atoms with Gasteiger partial charge < -0.3 is 14.8 Å². The number of nitrogens with zero attached hydrogens (tertiary/aromatic N) is 3. The first kappa shape index (κ1) is 44.9. The van der Waals surface area contributed by atoms with Gasteiger partial charge in [-0.25, -0.2) is 9.59 Å². The van der Waals surface area contributed by atoms with Gasteiger partial charge in [0.25, 0.3) is 17.2 Å². The van der Waals surface area contributed by atoms with Crippen LogP contribution in [0.5, 0.6) is 0 Å². The molecule has 6 aromatic carbocycles. The van der Waals surface area contributed by atoms with Crippen LogP contribution in [0.25, 0.3) is 0 Å². The van der Waals surface area contributed by atoms with Gasteiger partial charge in [0, 0.05) is 29.0 Å². The van der Waals surface area contributed by atoms with E-state index in [1.165, 1.54) is 36.4 Å². The number of likely N-dealkylation sites (tertiary alicyclic amines) is 1. The van der Waals surface area contributed by atoms with Crippen LogP contribution in [0.3, 0.4) is 0 Å². The van der Waals surface area contributed by atoms with Gasteiger partial charge in [-0.1, -0.05) is 128 Å². The zero-order chi connectivity index (χ0) is 45.4. The first-order valence-corrected chi connectivity index (χ1v) is 22.7. The molecule has 2 amide bonds. The number of alkyl carbamates (subject to hydrolysis) is 1. The van der Waals surface area contributed by atoms with Gasteiger partial charge in [0.15, 0.2) is 0 Å². The fraction of sp³-hybridized carbons (Fsp3) is 0.184. The summed E-state index contributed by atoms with van der Waals surface area (Å²) >= 11 is 6.17. The van der Waals surface area contributed by atoms with Crippen LogP contribution in [0.2, 0.25) is 0 Å². The summed E-state index contributed by atoms with van der Waals surface area (Å²) in [6.45, 7) is 2.69. The van der Waals surface area contributed by atoms with Crippen molar-refractivity contribution in [1.29, 1.82) is 0 Å². The standard InChI is InChI=1S/C49H43N4O9PS/c1-33(45(64)35-19-7-3-8-20-35)44-43(34(2)50-49(56)62-32-37-22-16-18-30-42(37)53(59)60)46(54)51(44)47(48(55)61-31-36-21-15-17-29-41(36)52(57)58)63(38-23-9-4-10-24-38,39-25-11-5-12-26-39)40-27-13-6-14-28-40/h3-30,33-34,43-44,47H,31-32H2,1-2H3/p+1. The molecule has 5 atom stereocenters. The number of para-hydroxylation sites is 2. The third-order valence-electron chi connectivity index (χ3n) is 11.5. The molecule has 1 aliphatic rings. The number of hydrogen-bond acceptors (Lipinski definition) is 10. The van der Waals surface area contributed by atoms with Gasteiger partial charge in [-0.15, -0.1) is 0 Å². The molecule has 5 unspecified atom stereocenters. The van der Waals surface area contributed by atoms with Crippen molar-refractivity contribution in [1.82, 2.24) is 10.2 Å². The predicted octanol–water partition coefficient (Wildman–Crippen LogP) is 8.06. The number of carbonyl (C=O) groups is 3. The maximum absolute atomic E-state index is 15.6. The van der Waals surface area contributed by atoms with Gasteiger partial charge in [0.2, 0.25) is 5.91 Å². The number of benzene rings is 6. The van der Waals surface area contributed by atoms with Crippen LogP contribution < -0.4 is 21.2 Å². The highest BCUT2D eigenvalue weighted by molar-refractivity contribution is 7.96. The highest BCUT2D eigenvalue weighted by atomic mass is 32.1. The number of amides is 2. The SMILES string of the molecule is CC(NC(=O)OCc1ccccc1[N+](=O)[O-])C1C(=O)N(C(C(=O)OCc2ccccc2[N+](=O)[O-])[P+](c2ccccc2)(c2ccccc2)c2ccccc2)C1C(C)C(=S)c1ccccc1. The molecule has 6 aromatic rings. The molecule has 1 saturated heterocycles. The van der Waals surface area contributed by atoms with Crippen molar-refractivity contribution in [3.8, 4) is 0 Å². The molecule has 0 aliphatic carbocycles. The second kappa shape index (κ2) is 19.9. The van der Waals surface area contributed by atoms with E-state index in [2.05, 4.69) is 5.32 Å². The van der Waals surface area contributed by atoms with Gasteiger partial charge in [-0.05, 0) is 61.0 Å². The van der Waals surface area contributed by atoms with Crippen LogP contribution in [-0.2, 0) is 32.3 Å². The lowest BCUT2D eigenvalue weighted by Crippen LogP contribution is -2.74. The molecule has 0 spiro atoms. The van der Waals surface area contributed by atoms with Crippen molar-refractivity contribution in [3.63, 3.8) is 0 Å². The summed E-state index contributed by atoms with van der Waals surface area (Å²) in [7, 11) is -3.37. The Bertz CT molecular complexity index is 2560. The molecule has 0 saturated carbocycles. The quantitative estimate of drug-likeness (QED) is 0.0180. The van der Waals surface area contributed by atoms with Crippen molar-refractivity contribution in [2.75, 3.05) is 0 Å². The summed E-state index contributed by atoms with van der Waals surface area (Å²) in [5.41, 5.74) is 0.654. The summed E-state index contributed by atoms with van der Waals surface area (Å²) in [5.74, 6) is -4.16. The van der Waals surface area contributed by atoms with Gasteiger partial charge >= 0.3 is 12.1 Å². The second-order valence-electron chi connectivity index (χ2n) is 15.3. The minimum atomic E-state index is -3.37. The Labute approximate surface area is 375 Å². The van der Waals surface area contributed by atoms with E-state index < -0.39 is 78.0 Å². The van der Waals surface area contributed by atoms with E-state index >= 15 is 9.59 Å². The van der Waals surface area contributed by atoms with E-state index in [-0.39, 0.29) is 22.5 Å². The van der Waals surface area contributed by atoms with E-state index in [1.807, 2.05) is 128 Å². The Morgan fingerprint density at radius 2 is 1.06 bits per heavy atom. The number of β-lactam (4-membered cyclic amide) rings is 1. The number of hydrogen-bond donors (Lipinski definition) is 1. The molecule has 1 aliphatic heterocycles. The zero-order valence-electron chi connectivity index (χ0n) is 34.8. The molecule has 13 nitrogen and oxygen atoms in total. The highest BCUT2D eigenvalue weighted by Gasteiger charge is 2.67. The molecule has 64 heavy (non-hydrogen) atoms. The molecule has 7 rings (SSSR count). The lowest BCUT2D eigenvalue weighted by atomic mass is 9.73. The van der Waals surface area contributed by atoms with Crippen molar-refractivity contribution in [2.45, 2.75) is 44.9 Å². The van der Waals surface area contributed by atoms with Crippen molar-refractivity contribution in [2.24, 2.45) is 11.8 Å². The van der Waals surface area contributed by atoms with Gasteiger partial charge in [0.1, 0.15) is 36.4 Å². The number of ether oxygens (including phenoxy) is 2. The Morgan fingerprint density at radius 1 is 0.656 bits per heavy atom. The number of rotatable bonds is 17.